The lowest BCUT2D eigenvalue weighted by atomic mass is 9.74. The molecule has 3 aliphatic rings. The van der Waals surface area contributed by atoms with E-state index in [1.165, 1.54) is 0 Å². The Hall–Kier alpha value is -0.890. The molecule has 0 radical (unpaired) electrons. The second kappa shape index (κ2) is 2.57. The minimum Gasteiger partial charge on any atom is -0.374 e. The molecule has 0 aromatic carbocycles. The van der Waals surface area contributed by atoms with Gasteiger partial charge in [-0.1, -0.05) is 12.2 Å². The Kier molecular flexibility index (Phi) is 1.55. The van der Waals surface area contributed by atoms with Gasteiger partial charge < -0.3 is 4.74 Å². The van der Waals surface area contributed by atoms with Gasteiger partial charge in [0, 0.05) is 18.9 Å². The van der Waals surface area contributed by atoms with E-state index in [1.54, 1.807) is 13.2 Å². The number of hydrogen-bond donors (Lipinski definition) is 0. The van der Waals surface area contributed by atoms with Crippen LogP contribution in [0.5, 0.6) is 0 Å². The Morgan fingerprint density at radius 3 is 3.14 bits per heavy atom. The maximum Gasteiger partial charge on any atom is 0.162 e. The van der Waals surface area contributed by atoms with Crippen LogP contribution in [0.2, 0.25) is 0 Å². The zero-order chi connectivity index (χ0) is 9.76. The molecule has 1 saturated carbocycles. The minimum absolute atomic E-state index is 0.0902. The average molecular weight is 190 g/mol. The van der Waals surface area contributed by atoms with E-state index in [2.05, 4.69) is 12.2 Å². The van der Waals surface area contributed by atoms with E-state index in [0.717, 1.165) is 12.8 Å². The van der Waals surface area contributed by atoms with Crippen LogP contribution < -0.4 is 0 Å². The van der Waals surface area contributed by atoms with Gasteiger partial charge in [0.1, 0.15) is 0 Å². The highest BCUT2D eigenvalue weighted by Crippen LogP contribution is 2.53. The van der Waals surface area contributed by atoms with Crippen molar-refractivity contribution in [2.24, 2.45) is 17.8 Å². The summed E-state index contributed by atoms with van der Waals surface area (Å²) in [6, 6.07) is 0. The first-order valence-electron chi connectivity index (χ1n) is 5.23. The average Bonchev–Trinajstić information content (AvgIpc) is 2.76. The monoisotopic (exact) mass is 190 g/mol. The van der Waals surface area contributed by atoms with Crippen molar-refractivity contribution in [2.45, 2.75) is 18.4 Å². The van der Waals surface area contributed by atoms with Gasteiger partial charge in [-0.05, 0) is 30.9 Å². The van der Waals surface area contributed by atoms with Gasteiger partial charge in [-0.2, -0.15) is 0 Å². The Bertz CT molecular complexity index is 342. The molecule has 0 aromatic heterocycles. The molecule has 0 N–H and O–H groups in total. The first-order chi connectivity index (χ1) is 6.77. The van der Waals surface area contributed by atoms with Crippen LogP contribution in [0.25, 0.3) is 0 Å². The first-order valence-corrected chi connectivity index (χ1v) is 5.23. The van der Waals surface area contributed by atoms with Crippen molar-refractivity contribution in [1.29, 1.82) is 0 Å². The summed E-state index contributed by atoms with van der Waals surface area (Å²) in [5, 5.41) is 0. The number of carbonyl (C=O) groups excluding carboxylic acids is 1. The number of carbonyl (C=O) groups is 1. The molecule has 1 fully saturated rings. The minimum atomic E-state index is -0.146. The third kappa shape index (κ3) is 0.825. The van der Waals surface area contributed by atoms with Crippen molar-refractivity contribution in [3.05, 3.63) is 24.3 Å². The van der Waals surface area contributed by atoms with E-state index in [1.807, 2.05) is 6.08 Å². The standard InChI is InChI=1S/C12H14O2/c1-14-12-6-4-8-2-3-9(11(8)12)10(13)5-7-12/h2-3,5,7-9,11H,4,6H2,1H3/t8-,9+,11+,12+/m0/s1. The predicted molar refractivity (Wildman–Crippen MR) is 52.7 cm³/mol. The SMILES string of the molecule is CO[C@@]12C=CC(=O)[C@H]3C=C[C@@H](CC1)[C@H]32. The third-order valence-electron chi connectivity index (χ3n) is 4.08. The Balaban J connectivity index is 2.10. The lowest BCUT2D eigenvalue weighted by Gasteiger charge is -2.37. The lowest BCUT2D eigenvalue weighted by Crippen LogP contribution is -2.43. The molecule has 3 rings (SSSR count). The molecule has 0 unspecified atom stereocenters. The fraction of sp³-hybridized carbons (Fsp3) is 0.583. The Morgan fingerprint density at radius 1 is 1.50 bits per heavy atom. The van der Waals surface area contributed by atoms with E-state index >= 15 is 0 Å². The molecule has 0 aliphatic heterocycles. The highest BCUT2D eigenvalue weighted by atomic mass is 16.5. The van der Waals surface area contributed by atoms with Crippen molar-refractivity contribution >= 4 is 5.78 Å². The van der Waals surface area contributed by atoms with Crippen LogP contribution in [0.1, 0.15) is 12.8 Å². The Labute approximate surface area is 83.6 Å². The summed E-state index contributed by atoms with van der Waals surface area (Å²) in [6.45, 7) is 0. The van der Waals surface area contributed by atoms with Crippen LogP contribution >= 0.6 is 0 Å². The van der Waals surface area contributed by atoms with Crippen LogP contribution in [0.3, 0.4) is 0 Å². The normalized spacial score (nSPS) is 48.6. The largest absolute Gasteiger partial charge is 0.374 e. The van der Waals surface area contributed by atoms with Crippen LogP contribution in [-0.2, 0) is 9.53 Å². The second-order valence-corrected chi connectivity index (χ2v) is 4.53. The first kappa shape index (κ1) is 8.42. The number of hydrogen-bond acceptors (Lipinski definition) is 2. The smallest absolute Gasteiger partial charge is 0.162 e. The molecule has 4 atom stereocenters. The van der Waals surface area contributed by atoms with Gasteiger partial charge >= 0.3 is 0 Å². The van der Waals surface area contributed by atoms with Crippen molar-refractivity contribution in [2.75, 3.05) is 7.11 Å². The van der Waals surface area contributed by atoms with Crippen LogP contribution in [0.15, 0.2) is 24.3 Å². The summed E-state index contributed by atoms with van der Waals surface area (Å²) < 4.78 is 5.65. The third-order valence-corrected chi connectivity index (χ3v) is 4.08. The number of allylic oxidation sites excluding steroid dienone is 3. The summed E-state index contributed by atoms with van der Waals surface area (Å²) in [4.78, 5) is 11.7. The van der Waals surface area contributed by atoms with E-state index in [0.29, 0.717) is 11.8 Å². The zero-order valence-corrected chi connectivity index (χ0v) is 8.27. The quantitative estimate of drug-likeness (QED) is 0.588. The van der Waals surface area contributed by atoms with Gasteiger partial charge in [0.25, 0.3) is 0 Å². The molecule has 0 heterocycles. The predicted octanol–water partition coefficient (Wildman–Crippen LogP) is 1.72. The van der Waals surface area contributed by atoms with Crippen LogP contribution in [-0.4, -0.2) is 18.5 Å². The molecule has 2 heteroatoms. The van der Waals surface area contributed by atoms with Gasteiger partial charge in [-0.25, -0.2) is 0 Å². The summed E-state index contributed by atoms with van der Waals surface area (Å²) in [6.07, 6.45) is 10.2. The molecule has 14 heavy (non-hydrogen) atoms. The molecule has 74 valence electrons. The van der Waals surface area contributed by atoms with Gasteiger partial charge in [0.05, 0.1) is 5.60 Å². The number of ketones is 1. The molecule has 0 amide bonds. The molecule has 3 aliphatic carbocycles. The van der Waals surface area contributed by atoms with Gasteiger partial charge in [0.2, 0.25) is 0 Å². The molecular formula is C12H14O2. The Morgan fingerprint density at radius 2 is 2.36 bits per heavy atom. The molecule has 0 bridgehead atoms. The lowest BCUT2D eigenvalue weighted by molar-refractivity contribution is -0.123. The molecule has 0 spiro atoms. The number of ether oxygens (including phenoxy) is 1. The maximum atomic E-state index is 11.7. The molecule has 0 saturated heterocycles. The van der Waals surface area contributed by atoms with Crippen molar-refractivity contribution in [3.8, 4) is 0 Å². The van der Waals surface area contributed by atoms with Crippen molar-refractivity contribution < 1.29 is 9.53 Å². The van der Waals surface area contributed by atoms with Gasteiger partial charge in [0.15, 0.2) is 5.78 Å². The number of methoxy groups -OCH3 is 1. The number of rotatable bonds is 1. The van der Waals surface area contributed by atoms with Gasteiger partial charge in [-0.3, -0.25) is 4.79 Å². The maximum absolute atomic E-state index is 11.7. The fourth-order valence-electron chi connectivity index (χ4n) is 3.38. The second-order valence-electron chi connectivity index (χ2n) is 4.53. The van der Waals surface area contributed by atoms with Crippen LogP contribution in [0.4, 0.5) is 0 Å². The van der Waals surface area contributed by atoms with Crippen molar-refractivity contribution in [1.82, 2.24) is 0 Å². The summed E-state index contributed by atoms with van der Waals surface area (Å²) >= 11 is 0. The van der Waals surface area contributed by atoms with Crippen molar-refractivity contribution in [3.63, 3.8) is 0 Å². The van der Waals surface area contributed by atoms with E-state index in [-0.39, 0.29) is 17.3 Å². The van der Waals surface area contributed by atoms with E-state index < -0.39 is 0 Å². The molecular weight excluding hydrogens is 176 g/mol. The highest BCUT2D eigenvalue weighted by molar-refractivity contribution is 5.95. The molecule has 0 aromatic rings. The van der Waals surface area contributed by atoms with E-state index in [4.69, 9.17) is 4.74 Å². The van der Waals surface area contributed by atoms with Gasteiger partial charge in [-0.15, -0.1) is 0 Å². The summed E-state index contributed by atoms with van der Waals surface area (Å²) in [7, 11) is 1.76. The molecule has 2 nitrogen and oxygen atoms in total. The fourth-order valence-corrected chi connectivity index (χ4v) is 3.38. The summed E-state index contributed by atoms with van der Waals surface area (Å²) in [5.74, 6) is 1.29. The highest BCUT2D eigenvalue weighted by Gasteiger charge is 2.55. The summed E-state index contributed by atoms with van der Waals surface area (Å²) in [5.41, 5.74) is -0.146. The van der Waals surface area contributed by atoms with Crippen LogP contribution in [0, 0.1) is 17.8 Å². The zero-order valence-electron chi connectivity index (χ0n) is 8.27. The topological polar surface area (TPSA) is 26.3 Å². The van der Waals surface area contributed by atoms with E-state index in [9.17, 15) is 4.79 Å².